The standard InChI is InChI=1S/C19H28ClN3O4S/c1-3-9-21-18(24)8-10-22-19(25)15-6-7-16(20)17(12-15)28(26,27)23-11-4-5-14(2)13-23/h6-7,12,14H,3-5,8-11,13H2,1-2H3,(H,21,24)(H,22,25). The van der Waals surface area contributed by atoms with E-state index >= 15 is 0 Å². The molecule has 1 aliphatic rings. The van der Waals surface area contributed by atoms with E-state index in [-0.39, 0.29) is 40.3 Å². The quantitative estimate of drug-likeness (QED) is 0.663. The maximum Gasteiger partial charge on any atom is 0.251 e. The lowest BCUT2D eigenvalue weighted by molar-refractivity contribution is -0.120. The van der Waals surface area contributed by atoms with Gasteiger partial charge >= 0.3 is 0 Å². The first-order valence-electron chi connectivity index (χ1n) is 9.60. The number of carbonyl (C=O) groups is 2. The maximum atomic E-state index is 13.0. The molecule has 9 heteroatoms. The summed E-state index contributed by atoms with van der Waals surface area (Å²) in [4.78, 5) is 23.9. The summed E-state index contributed by atoms with van der Waals surface area (Å²) in [5, 5.41) is 5.46. The van der Waals surface area contributed by atoms with Crippen LogP contribution in [0.25, 0.3) is 0 Å². The molecule has 1 saturated heterocycles. The Kier molecular flexibility index (Phi) is 8.27. The first kappa shape index (κ1) is 22.6. The van der Waals surface area contributed by atoms with Crippen LogP contribution in [-0.2, 0) is 14.8 Å². The second-order valence-corrected chi connectivity index (χ2v) is 9.43. The van der Waals surface area contributed by atoms with Gasteiger partial charge in [0.05, 0.1) is 5.02 Å². The van der Waals surface area contributed by atoms with Crippen molar-refractivity contribution in [2.75, 3.05) is 26.2 Å². The molecular formula is C19H28ClN3O4S. The van der Waals surface area contributed by atoms with Gasteiger partial charge in [0, 0.05) is 38.2 Å². The summed E-state index contributed by atoms with van der Waals surface area (Å²) in [6.07, 6.45) is 2.80. The molecule has 2 rings (SSSR count). The van der Waals surface area contributed by atoms with Crippen LogP contribution < -0.4 is 10.6 Å². The molecule has 156 valence electrons. The fraction of sp³-hybridized carbons (Fsp3) is 0.579. The Hall–Kier alpha value is -1.64. The van der Waals surface area contributed by atoms with Crippen LogP contribution in [0.4, 0.5) is 0 Å². The molecule has 1 heterocycles. The Morgan fingerprint density at radius 1 is 1.25 bits per heavy atom. The molecule has 0 radical (unpaired) electrons. The molecule has 0 bridgehead atoms. The van der Waals surface area contributed by atoms with Crippen LogP contribution in [0.3, 0.4) is 0 Å². The number of nitrogens with one attached hydrogen (secondary N) is 2. The number of piperidine rings is 1. The molecule has 1 unspecified atom stereocenters. The van der Waals surface area contributed by atoms with Gasteiger partial charge in [0.1, 0.15) is 4.90 Å². The number of nitrogens with zero attached hydrogens (tertiary/aromatic N) is 1. The van der Waals surface area contributed by atoms with Crippen molar-refractivity contribution in [2.24, 2.45) is 5.92 Å². The van der Waals surface area contributed by atoms with Crippen LogP contribution >= 0.6 is 11.6 Å². The van der Waals surface area contributed by atoms with Gasteiger partial charge in [0.25, 0.3) is 5.91 Å². The molecule has 1 aromatic rings. The number of hydrogen-bond donors (Lipinski definition) is 2. The van der Waals surface area contributed by atoms with Crippen molar-refractivity contribution in [3.8, 4) is 0 Å². The first-order valence-corrected chi connectivity index (χ1v) is 11.4. The molecule has 1 fully saturated rings. The van der Waals surface area contributed by atoms with Crippen LogP contribution in [-0.4, -0.2) is 50.7 Å². The molecule has 28 heavy (non-hydrogen) atoms. The zero-order valence-corrected chi connectivity index (χ0v) is 17.9. The molecule has 0 aliphatic carbocycles. The van der Waals surface area contributed by atoms with Gasteiger partial charge < -0.3 is 10.6 Å². The highest BCUT2D eigenvalue weighted by Crippen LogP contribution is 2.29. The Morgan fingerprint density at radius 3 is 2.68 bits per heavy atom. The van der Waals surface area contributed by atoms with Crippen LogP contribution in [0, 0.1) is 5.92 Å². The summed E-state index contributed by atoms with van der Waals surface area (Å²) in [5.74, 6) is -0.295. The predicted molar refractivity (Wildman–Crippen MR) is 109 cm³/mol. The Bertz CT molecular complexity index is 813. The average molecular weight is 430 g/mol. The van der Waals surface area contributed by atoms with E-state index in [0.717, 1.165) is 19.3 Å². The van der Waals surface area contributed by atoms with E-state index in [4.69, 9.17) is 11.6 Å². The number of sulfonamides is 1. The normalized spacial score (nSPS) is 17.9. The molecule has 1 aromatic carbocycles. The largest absolute Gasteiger partial charge is 0.356 e. The summed E-state index contributed by atoms with van der Waals surface area (Å²) in [5.41, 5.74) is 0.196. The highest BCUT2D eigenvalue weighted by atomic mass is 35.5. The average Bonchev–Trinajstić information content (AvgIpc) is 2.66. The molecular weight excluding hydrogens is 402 g/mol. The van der Waals surface area contributed by atoms with E-state index < -0.39 is 15.9 Å². The summed E-state index contributed by atoms with van der Waals surface area (Å²) in [6.45, 7) is 5.64. The lowest BCUT2D eigenvalue weighted by Crippen LogP contribution is -2.39. The van der Waals surface area contributed by atoms with E-state index in [1.807, 2.05) is 13.8 Å². The fourth-order valence-electron chi connectivity index (χ4n) is 3.09. The lowest BCUT2D eigenvalue weighted by Gasteiger charge is -2.30. The van der Waals surface area contributed by atoms with Crippen molar-refractivity contribution >= 4 is 33.4 Å². The Balaban J connectivity index is 2.07. The zero-order valence-electron chi connectivity index (χ0n) is 16.3. The third kappa shape index (κ3) is 5.93. The van der Waals surface area contributed by atoms with Gasteiger partial charge in [-0.15, -0.1) is 0 Å². The highest BCUT2D eigenvalue weighted by Gasteiger charge is 2.30. The van der Waals surface area contributed by atoms with Crippen LogP contribution in [0.2, 0.25) is 5.02 Å². The second-order valence-electron chi connectivity index (χ2n) is 7.11. The van der Waals surface area contributed by atoms with Crippen LogP contribution in [0.15, 0.2) is 23.1 Å². The Morgan fingerprint density at radius 2 is 2.00 bits per heavy atom. The van der Waals surface area contributed by atoms with Crippen molar-refractivity contribution in [1.29, 1.82) is 0 Å². The topological polar surface area (TPSA) is 95.6 Å². The minimum atomic E-state index is -3.77. The van der Waals surface area contributed by atoms with Gasteiger partial charge in [0.2, 0.25) is 15.9 Å². The summed E-state index contributed by atoms with van der Waals surface area (Å²) >= 11 is 6.14. The number of benzene rings is 1. The highest BCUT2D eigenvalue weighted by molar-refractivity contribution is 7.89. The first-order chi connectivity index (χ1) is 13.3. The van der Waals surface area contributed by atoms with Crippen LogP contribution in [0.5, 0.6) is 0 Å². The van der Waals surface area contributed by atoms with Gasteiger partial charge in [0.15, 0.2) is 0 Å². The maximum absolute atomic E-state index is 13.0. The minimum absolute atomic E-state index is 0.0587. The van der Waals surface area contributed by atoms with E-state index in [0.29, 0.717) is 19.6 Å². The monoisotopic (exact) mass is 429 g/mol. The van der Waals surface area contributed by atoms with Crippen molar-refractivity contribution in [2.45, 2.75) is 44.4 Å². The summed E-state index contributed by atoms with van der Waals surface area (Å²) in [7, 11) is -3.77. The fourth-order valence-corrected chi connectivity index (χ4v) is 5.19. The summed E-state index contributed by atoms with van der Waals surface area (Å²) < 4.78 is 27.4. The summed E-state index contributed by atoms with van der Waals surface area (Å²) in [6, 6.07) is 4.21. The SMILES string of the molecule is CCCNC(=O)CCNC(=O)c1ccc(Cl)c(S(=O)(=O)N2CCCC(C)C2)c1. The van der Waals surface area contributed by atoms with Crippen molar-refractivity contribution in [3.63, 3.8) is 0 Å². The van der Waals surface area contributed by atoms with E-state index in [2.05, 4.69) is 10.6 Å². The second kappa shape index (κ2) is 10.2. The van der Waals surface area contributed by atoms with Gasteiger partial charge in [-0.2, -0.15) is 4.31 Å². The van der Waals surface area contributed by atoms with Gasteiger partial charge in [-0.1, -0.05) is 25.4 Å². The van der Waals surface area contributed by atoms with E-state index in [1.54, 1.807) is 0 Å². The molecule has 2 N–H and O–H groups in total. The van der Waals surface area contributed by atoms with Crippen molar-refractivity contribution in [3.05, 3.63) is 28.8 Å². The molecule has 0 saturated carbocycles. The number of halogens is 1. The van der Waals surface area contributed by atoms with Gasteiger partial charge in [-0.05, 0) is 43.4 Å². The van der Waals surface area contributed by atoms with Crippen molar-refractivity contribution in [1.82, 2.24) is 14.9 Å². The number of hydrogen-bond acceptors (Lipinski definition) is 4. The third-order valence-corrected chi connectivity index (χ3v) is 6.99. The van der Waals surface area contributed by atoms with Crippen molar-refractivity contribution < 1.29 is 18.0 Å². The van der Waals surface area contributed by atoms with E-state index in [1.165, 1.54) is 22.5 Å². The molecule has 0 spiro atoms. The minimum Gasteiger partial charge on any atom is -0.356 e. The zero-order chi connectivity index (χ0) is 20.7. The number of carbonyl (C=O) groups excluding carboxylic acids is 2. The molecule has 7 nitrogen and oxygen atoms in total. The lowest BCUT2D eigenvalue weighted by atomic mass is 10.0. The number of rotatable bonds is 8. The van der Waals surface area contributed by atoms with E-state index in [9.17, 15) is 18.0 Å². The predicted octanol–water partition coefficient (Wildman–Crippen LogP) is 2.41. The van der Waals surface area contributed by atoms with Gasteiger partial charge in [-0.25, -0.2) is 8.42 Å². The Labute approximate surface area is 171 Å². The molecule has 1 atom stereocenters. The van der Waals surface area contributed by atoms with Gasteiger partial charge in [-0.3, -0.25) is 9.59 Å². The third-order valence-electron chi connectivity index (χ3n) is 4.64. The molecule has 2 amide bonds. The number of amides is 2. The van der Waals surface area contributed by atoms with Crippen LogP contribution in [0.1, 0.15) is 49.9 Å². The molecule has 0 aromatic heterocycles. The smallest absolute Gasteiger partial charge is 0.251 e. The molecule has 1 aliphatic heterocycles.